The van der Waals surface area contributed by atoms with Crippen LogP contribution in [0.1, 0.15) is 21.8 Å². The zero-order chi connectivity index (χ0) is 19.2. The SMILES string of the molecule is O=C(c1ccco1)N(Cc1ccccn1)Cc1ccccc1-c1ccccc1. The molecule has 0 spiro atoms. The molecule has 28 heavy (non-hydrogen) atoms. The molecule has 4 rings (SSSR count). The molecule has 0 unspecified atom stereocenters. The zero-order valence-electron chi connectivity index (χ0n) is 15.4. The summed E-state index contributed by atoms with van der Waals surface area (Å²) in [4.78, 5) is 19.2. The number of carbonyl (C=O) groups excluding carboxylic acids is 1. The van der Waals surface area contributed by atoms with Gasteiger partial charge in [-0.25, -0.2) is 0 Å². The third-order valence-corrected chi connectivity index (χ3v) is 4.56. The smallest absolute Gasteiger partial charge is 0.290 e. The van der Waals surface area contributed by atoms with E-state index in [1.165, 1.54) is 6.26 Å². The fourth-order valence-electron chi connectivity index (χ4n) is 3.21. The second kappa shape index (κ2) is 8.35. The summed E-state index contributed by atoms with van der Waals surface area (Å²) in [6, 6.07) is 27.5. The van der Waals surface area contributed by atoms with E-state index in [2.05, 4.69) is 29.2 Å². The molecule has 0 radical (unpaired) electrons. The number of pyridine rings is 1. The van der Waals surface area contributed by atoms with Crippen LogP contribution in [0.3, 0.4) is 0 Å². The van der Waals surface area contributed by atoms with Crippen molar-refractivity contribution in [3.63, 3.8) is 0 Å². The summed E-state index contributed by atoms with van der Waals surface area (Å²) in [5, 5.41) is 0. The van der Waals surface area contributed by atoms with E-state index < -0.39 is 0 Å². The number of aromatic nitrogens is 1. The molecule has 1 amide bonds. The molecule has 2 heterocycles. The minimum absolute atomic E-state index is 0.154. The van der Waals surface area contributed by atoms with Crippen LogP contribution in [0.4, 0.5) is 0 Å². The Morgan fingerprint density at radius 2 is 1.61 bits per heavy atom. The lowest BCUT2D eigenvalue weighted by molar-refractivity contribution is 0.0695. The lowest BCUT2D eigenvalue weighted by atomic mass is 9.99. The molecule has 0 aliphatic rings. The van der Waals surface area contributed by atoms with Crippen LogP contribution >= 0.6 is 0 Å². The highest BCUT2D eigenvalue weighted by Crippen LogP contribution is 2.25. The first-order chi connectivity index (χ1) is 13.8. The van der Waals surface area contributed by atoms with Crippen molar-refractivity contribution in [2.75, 3.05) is 0 Å². The van der Waals surface area contributed by atoms with Gasteiger partial charge in [0.05, 0.1) is 18.5 Å². The summed E-state index contributed by atoms with van der Waals surface area (Å²) in [5.41, 5.74) is 4.15. The molecule has 0 aliphatic heterocycles. The number of hydrogen-bond acceptors (Lipinski definition) is 3. The summed E-state index contributed by atoms with van der Waals surface area (Å²) in [7, 11) is 0. The fourth-order valence-corrected chi connectivity index (χ4v) is 3.21. The summed E-state index contributed by atoms with van der Waals surface area (Å²) >= 11 is 0. The molecule has 4 aromatic rings. The van der Waals surface area contributed by atoms with Crippen LogP contribution in [-0.2, 0) is 13.1 Å². The van der Waals surface area contributed by atoms with Crippen molar-refractivity contribution in [2.45, 2.75) is 13.1 Å². The molecule has 0 saturated heterocycles. The van der Waals surface area contributed by atoms with E-state index in [0.717, 1.165) is 22.4 Å². The molecule has 0 N–H and O–H groups in total. The highest BCUT2D eigenvalue weighted by molar-refractivity contribution is 5.91. The number of amides is 1. The van der Waals surface area contributed by atoms with E-state index in [1.807, 2.05) is 48.5 Å². The number of nitrogens with zero attached hydrogens (tertiary/aromatic N) is 2. The second-order valence-corrected chi connectivity index (χ2v) is 6.48. The van der Waals surface area contributed by atoms with Crippen LogP contribution in [0.15, 0.2) is 102 Å². The van der Waals surface area contributed by atoms with Crippen molar-refractivity contribution in [2.24, 2.45) is 0 Å². The number of carbonyl (C=O) groups is 1. The molecule has 4 heteroatoms. The highest BCUT2D eigenvalue weighted by atomic mass is 16.3. The van der Waals surface area contributed by atoms with Gasteiger partial charge in [0.15, 0.2) is 5.76 Å². The lowest BCUT2D eigenvalue weighted by Gasteiger charge is -2.23. The molecule has 0 fully saturated rings. The van der Waals surface area contributed by atoms with Crippen molar-refractivity contribution < 1.29 is 9.21 Å². The molecule has 138 valence electrons. The Morgan fingerprint density at radius 3 is 2.36 bits per heavy atom. The Balaban J connectivity index is 1.67. The average molecular weight is 368 g/mol. The number of hydrogen-bond donors (Lipinski definition) is 0. The third kappa shape index (κ3) is 4.01. The van der Waals surface area contributed by atoms with Crippen molar-refractivity contribution in [1.82, 2.24) is 9.88 Å². The molecule has 0 atom stereocenters. The third-order valence-electron chi connectivity index (χ3n) is 4.56. The largest absolute Gasteiger partial charge is 0.459 e. The predicted molar refractivity (Wildman–Crippen MR) is 108 cm³/mol. The van der Waals surface area contributed by atoms with Gasteiger partial charge in [-0.2, -0.15) is 0 Å². The Hall–Kier alpha value is -3.66. The van der Waals surface area contributed by atoms with Gasteiger partial charge in [0.1, 0.15) is 0 Å². The van der Waals surface area contributed by atoms with Crippen LogP contribution in [0, 0.1) is 0 Å². The normalized spacial score (nSPS) is 10.6. The van der Waals surface area contributed by atoms with E-state index in [9.17, 15) is 4.79 Å². The van der Waals surface area contributed by atoms with Gasteiger partial charge in [0.2, 0.25) is 0 Å². The van der Waals surface area contributed by atoms with Crippen LogP contribution < -0.4 is 0 Å². The standard InChI is InChI=1S/C24H20N2O2/c27-24(23-14-8-16-28-23)26(18-21-12-6-7-15-25-21)17-20-11-4-5-13-22(20)19-9-2-1-3-10-19/h1-16H,17-18H2. The van der Waals surface area contributed by atoms with Gasteiger partial charge in [-0.15, -0.1) is 0 Å². The molecule has 4 nitrogen and oxygen atoms in total. The summed E-state index contributed by atoms with van der Waals surface area (Å²) in [6.07, 6.45) is 3.26. The molecule has 0 saturated carbocycles. The van der Waals surface area contributed by atoms with Crippen LogP contribution in [0.2, 0.25) is 0 Å². The first kappa shape index (κ1) is 17.7. The van der Waals surface area contributed by atoms with E-state index >= 15 is 0 Å². The van der Waals surface area contributed by atoms with Crippen molar-refractivity contribution in [3.05, 3.63) is 114 Å². The molecule has 2 aromatic carbocycles. The Morgan fingerprint density at radius 1 is 0.821 bits per heavy atom. The molecule has 0 aliphatic carbocycles. The first-order valence-corrected chi connectivity index (χ1v) is 9.17. The first-order valence-electron chi connectivity index (χ1n) is 9.17. The van der Waals surface area contributed by atoms with Crippen LogP contribution in [0.25, 0.3) is 11.1 Å². The molecular formula is C24H20N2O2. The quantitative estimate of drug-likeness (QED) is 0.471. The molecule has 0 bridgehead atoms. The number of benzene rings is 2. The van der Waals surface area contributed by atoms with E-state index in [4.69, 9.17) is 4.42 Å². The second-order valence-electron chi connectivity index (χ2n) is 6.48. The Labute approximate surface area is 164 Å². The van der Waals surface area contributed by atoms with Crippen molar-refractivity contribution >= 4 is 5.91 Å². The monoisotopic (exact) mass is 368 g/mol. The highest BCUT2D eigenvalue weighted by Gasteiger charge is 2.20. The summed E-state index contributed by atoms with van der Waals surface area (Å²) in [6.45, 7) is 0.866. The topological polar surface area (TPSA) is 46.3 Å². The van der Waals surface area contributed by atoms with Crippen molar-refractivity contribution in [3.8, 4) is 11.1 Å². The summed E-state index contributed by atoms with van der Waals surface area (Å²) < 4.78 is 5.35. The zero-order valence-corrected chi connectivity index (χ0v) is 15.4. The Kier molecular flexibility index (Phi) is 5.29. The number of rotatable bonds is 6. The van der Waals surface area contributed by atoms with Crippen molar-refractivity contribution in [1.29, 1.82) is 0 Å². The van der Waals surface area contributed by atoms with Gasteiger partial charge in [-0.05, 0) is 41.0 Å². The number of furan rings is 1. The lowest BCUT2D eigenvalue weighted by Crippen LogP contribution is -2.30. The van der Waals surface area contributed by atoms with E-state index in [0.29, 0.717) is 18.8 Å². The Bertz CT molecular complexity index is 1030. The van der Waals surface area contributed by atoms with E-state index in [-0.39, 0.29) is 5.91 Å². The van der Waals surface area contributed by atoms with Gasteiger partial charge in [-0.3, -0.25) is 9.78 Å². The van der Waals surface area contributed by atoms with E-state index in [1.54, 1.807) is 23.2 Å². The molecule has 2 aromatic heterocycles. The van der Waals surface area contributed by atoms with Gasteiger partial charge in [0, 0.05) is 12.7 Å². The van der Waals surface area contributed by atoms with Crippen LogP contribution in [-0.4, -0.2) is 15.8 Å². The maximum absolute atomic E-state index is 13.1. The minimum atomic E-state index is -0.154. The summed E-state index contributed by atoms with van der Waals surface area (Å²) in [5.74, 6) is 0.173. The van der Waals surface area contributed by atoms with Gasteiger partial charge >= 0.3 is 0 Å². The van der Waals surface area contributed by atoms with Gasteiger partial charge < -0.3 is 9.32 Å². The predicted octanol–water partition coefficient (Wildman–Crippen LogP) is 5.18. The van der Waals surface area contributed by atoms with Crippen LogP contribution in [0.5, 0.6) is 0 Å². The average Bonchev–Trinajstić information content (AvgIpc) is 3.29. The maximum atomic E-state index is 13.1. The van der Waals surface area contributed by atoms with Gasteiger partial charge in [0.25, 0.3) is 5.91 Å². The van der Waals surface area contributed by atoms with Gasteiger partial charge in [-0.1, -0.05) is 60.7 Å². The maximum Gasteiger partial charge on any atom is 0.290 e. The minimum Gasteiger partial charge on any atom is -0.459 e. The fraction of sp³-hybridized carbons (Fsp3) is 0.0833. The molecular weight excluding hydrogens is 348 g/mol.